The Morgan fingerprint density at radius 3 is 1.31 bits per heavy atom. The van der Waals surface area contributed by atoms with Gasteiger partial charge in [-0.25, -0.2) is 0 Å². The van der Waals surface area contributed by atoms with Crippen LogP contribution in [-0.4, -0.2) is 0 Å². The molecule has 0 fully saturated rings. The van der Waals surface area contributed by atoms with Gasteiger partial charge in [0.05, 0.1) is 0 Å². The summed E-state index contributed by atoms with van der Waals surface area (Å²) in [6, 6.07) is 68.2. The van der Waals surface area contributed by atoms with E-state index >= 15 is 0 Å². The number of hydrogen-bond donors (Lipinski definition) is 0. The Balaban J connectivity index is 1.08. The van der Waals surface area contributed by atoms with Crippen molar-refractivity contribution in [3.05, 3.63) is 199 Å². The summed E-state index contributed by atoms with van der Waals surface area (Å²) >= 11 is 0. The predicted octanol–water partition coefficient (Wildman–Crippen LogP) is 16.3. The standard InChI is InChI=1S/C57H49NO/c1-55(2)51-36-49(40-18-11-8-12-19-40)50(37-52(51)56(3,4)57(55,5)6)42-28-34-45(35-29-42)58(43-30-24-39(25-31-43)38-16-9-7-10-17-38)44-32-26-41(27-33-44)46-21-15-22-48-47-20-13-14-23-53(47)59-54(46)48/h7-37H,1-6H3. The van der Waals surface area contributed by atoms with Crippen LogP contribution in [0.5, 0.6) is 0 Å². The van der Waals surface area contributed by atoms with Crippen molar-refractivity contribution in [3.8, 4) is 44.5 Å². The van der Waals surface area contributed by atoms with Gasteiger partial charge in [0.15, 0.2) is 0 Å². The first-order valence-electron chi connectivity index (χ1n) is 20.8. The lowest BCUT2D eigenvalue weighted by molar-refractivity contribution is 0.125. The molecule has 0 radical (unpaired) electrons. The number of benzene rings is 8. The first-order valence-corrected chi connectivity index (χ1v) is 20.8. The number of furan rings is 1. The highest BCUT2D eigenvalue weighted by Crippen LogP contribution is 2.62. The highest BCUT2D eigenvalue weighted by Gasteiger charge is 2.57. The van der Waals surface area contributed by atoms with E-state index in [4.69, 9.17) is 4.42 Å². The normalized spacial score (nSPS) is 15.0. The number of anilines is 3. The average molecular weight is 764 g/mol. The Morgan fingerprint density at radius 1 is 0.356 bits per heavy atom. The molecule has 1 aliphatic rings. The molecule has 1 aliphatic carbocycles. The molecule has 0 atom stereocenters. The molecule has 0 unspecified atom stereocenters. The third-order valence-electron chi connectivity index (χ3n) is 14.2. The van der Waals surface area contributed by atoms with Gasteiger partial charge >= 0.3 is 0 Å². The van der Waals surface area contributed by atoms with E-state index in [2.05, 4.69) is 222 Å². The number of nitrogens with zero attached hydrogens (tertiary/aromatic N) is 1. The fourth-order valence-electron chi connectivity index (χ4n) is 9.62. The zero-order chi connectivity index (χ0) is 40.5. The topological polar surface area (TPSA) is 16.4 Å². The minimum absolute atomic E-state index is 0.000546. The minimum atomic E-state index is 0.000546. The summed E-state index contributed by atoms with van der Waals surface area (Å²) in [7, 11) is 0. The van der Waals surface area contributed by atoms with Crippen molar-refractivity contribution < 1.29 is 4.42 Å². The molecule has 2 nitrogen and oxygen atoms in total. The van der Waals surface area contributed by atoms with Crippen molar-refractivity contribution in [1.82, 2.24) is 0 Å². The molecular weight excluding hydrogens is 715 g/mol. The van der Waals surface area contributed by atoms with Gasteiger partial charge in [-0.2, -0.15) is 0 Å². The van der Waals surface area contributed by atoms with Crippen molar-refractivity contribution in [2.75, 3.05) is 4.90 Å². The van der Waals surface area contributed by atoms with Crippen LogP contribution >= 0.6 is 0 Å². The lowest BCUT2D eigenvalue weighted by Gasteiger charge is -2.44. The molecule has 9 aromatic rings. The number of hydrogen-bond acceptors (Lipinski definition) is 2. The van der Waals surface area contributed by atoms with E-state index < -0.39 is 0 Å². The molecule has 0 saturated heterocycles. The van der Waals surface area contributed by atoms with E-state index in [9.17, 15) is 0 Å². The van der Waals surface area contributed by atoms with E-state index in [0.29, 0.717) is 0 Å². The van der Waals surface area contributed by atoms with Crippen LogP contribution in [-0.2, 0) is 10.8 Å². The Morgan fingerprint density at radius 2 is 0.763 bits per heavy atom. The third kappa shape index (κ3) is 5.84. The molecule has 0 aliphatic heterocycles. The maximum Gasteiger partial charge on any atom is 0.143 e. The molecule has 1 aromatic heterocycles. The molecule has 0 bridgehead atoms. The number of rotatable bonds is 7. The molecule has 0 saturated carbocycles. The van der Waals surface area contributed by atoms with Crippen LogP contribution in [0.2, 0.25) is 0 Å². The fourth-order valence-corrected chi connectivity index (χ4v) is 9.62. The first-order chi connectivity index (χ1) is 28.5. The zero-order valence-corrected chi connectivity index (χ0v) is 34.8. The minimum Gasteiger partial charge on any atom is -0.455 e. The number of fused-ring (bicyclic) bond motifs is 4. The smallest absolute Gasteiger partial charge is 0.143 e. The maximum atomic E-state index is 6.43. The van der Waals surface area contributed by atoms with Crippen LogP contribution in [0.3, 0.4) is 0 Å². The molecule has 0 N–H and O–H groups in total. The summed E-state index contributed by atoms with van der Waals surface area (Å²) in [5, 5.41) is 2.28. The summed E-state index contributed by atoms with van der Waals surface area (Å²) in [5.41, 5.74) is 17.7. The summed E-state index contributed by atoms with van der Waals surface area (Å²) in [4.78, 5) is 2.36. The second-order valence-electron chi connectivity index (χ2n) is 17.8. The highest BCUT2D eigenvalue weighted by atomic mass is 16.3. The molecule has 288 valence electrons. The van der Waals surface area contributed by atoms with Gasteiger partial charge in [-0.15, -0.1) is 0 Å². The van der Waals surface area contributed by atoms with Gasteiger partial charge in [-0.1, -0.05) is 175 Å². The molecule has 2 heteroatoms. The van der Waals surface area contributed by atoms with Crippen molar-refractivity contribution in [2.45, 2.75) is 52.4 Å². The first kappa shape index (κ1) is 36.7. The largest absolute Gasteiger partial charge is 0.455 e. The molecule has 0 spiro atoms. The third-order valence-corrected chi connectivity index (χ3v) is 14.2. The zero-order valence-electron chi connectivity index (χ0n) is 34.8. The van der Waals surface area contributed by atoms with Crippen molar-refractivity contribution >= 4 is 39.0 Å². The fraction of sp³-hybridized carbons (Fsp3) is 0.158. The van der Waals surface area contributed by atoms with Gasteiger partial charge in [-0.05, 0) is 121 Å². The van der Waals surface area contributed by atoms with Crippen molar-refractivity contribution in [1.29, 1.82) is 0 Å². The Labute approximate surface area is 348 Å². The van der Waals surface area contributed by atoms with Crippen LogP contribution in [0.25, 0.3) is 66.4 Å². The van der Waals surface area contributed by atoms with E-state index in [-0.39, 0.29) is 16.2 Å². The van der Waals surface area contributed by atoms with Gasteiger partial charge in [0.25, 0.3) is 0 Å². The van der Waals surface area contributed by atoms with E-state index in [1.54, 1.807) is 0 Å². The second-order valence-corrected chi connectivity index (χ2v) is 17.8. The summed E-state index contributed by atoms with van der Waals surface area (Å²) in [5.74, 6) is 0. The van der Waals surface area contributed by atoms with Crippen LogP contribution in [0, 0.1) is 5.41 Å². The summed E-state index contributed by atoms with van der Waals surface area (Å²) in [6.45, 7) is 14.6. The highest BCUT2D eigenvalue weighted by molar-refractivity contribution is 6.09. The molecule has 1 heterocycles. The van der Waals surface area contributed by atoms with Gasteiger partial charge < -0.3 is 9.32 Å². The quantitative estimate of drug-likeness (QED) is 0.161. The van der Waals surface area contributed by atoms with Crippen molar-refractivity contribution in [3.63, 3.8) is 0 Å². The summed E-state index contributed by atoms with van der Waals surface area (Å²) in [6.07, 6.45) is 0. The monoisotopic (exact) mass is 763 g/mol. The number of para-hydroxylation sites is 2. The maximum absolute atomic E-state index is 6.43. The van der Waals surface area contributed by atoms with Crippen LogP contribution < -0.4 is 4.90 Å². The molecule has 0 amide bonds. The summed E-state index contributed by atoms with van der Waals surface area (Å²) < 4.78 is 6.43. The average Bonchev–Trinajstić information content (AvgIpc) is 3.70. The Hall–Kier alpha value is -6.64. The van der Waals surface area contributed by atoms with Gasteiger partial charge in [0.2, 0.25) is 0 Å². The predicted molar refractivity (Wildman–Crippen MR) is 250 cm³/mol. The second kappa shape index (κ2) is 13.7. The van der Waals surface area contributed by atoms with E-state index in [1.807, 2.05) is 12.1 Å². The molecular formula is C57H49NO. The van der Waals surface area contributed by atoms with Gasteiger partial charge in [0.1, 0.15) is 11.2 Å². The van der Waals surface area contributed by atoms with E-state index in [0.717, 1.165) is 50.1 Å². The Bertz CT molecular complexity index is 2970. The Kier molecular flexibility index (Phi) is 8.54. The molecule has 10 rings (SSSR count). The molecule has 8 aromatic carbocycles. The van der Waals surface area contributed by atoms with Crippen LogP contribution in [0.15, 0.2) is 192 Å². The van der Waals surface area contributed by atoms with Gasteiger partial charge in [0, 0.05) is 33.4 Å². The molecule has 59 heavy (non-hydrogen) atoms. The van der Waals surface area contributed by atoms with Crippen LogP contribution in [0.4, 0.5) is 17.1 Å². The SMILES string of the molecule is CC1(C)c2cc(-c3ccccc3)c(-c3ccc(N(c4ccc(-c5ccccc5)cc4)c4ccc(-c5cccc6c5oc5ccccc56)cc4)cc3)cc2C(C)(C)C1(C)C. The van der Waals surface area contributed by atoms with Gasteiger partial charge in [-0.3, -0.25) is 0 Å². The van der Waals surface area contributed by atoms with E-state index in [1.165, 1.54) is 44.5 Å². The lowest BCUT2D eigenvalue weighted by Crippen LogP contribution is -2.42. The van der Waals surface area contributed by atoms with Crippen LogP contribution in [0.1, 0.15) is 52.7 Å². The lowest BCUT2D eigenvalue weighted by atomic mass is 9.59. The van der Waals surface area contributed by atoms with Crippen molar-refractivity contribution in [2.24, 2.45) is 5.41 Å².